The van der Waals surface area contributed by atoms with Crippen molar-refractivity contribution >= 4 is 35.9 Å². The van der Waals surface area contributed by atoms with Crippen LogP contribution in [0.5, 0.6) is 0 Å². The monoisotopic (exact) mass is 533 g/mol. The van der Waals surface area contributed by atoms with Crippen molar-refractivity contribution in [2.75, 3.05) is 18.0 Å². The molecule has 38 heavy (non-hydrogen) atoms. The molecule has 1 saturated carbocycles. The topological polar surface area (TPSA) is 188 Å². The number of thioether (sulfide) groups is 1. The van der Waals surface area contributed by atoms with Crippen molar-refractivity contribution in [3.05, 3.63) is 52.6 Å². The summed E-state index contributed by atoms with van der Waals surface area (Å²) < 4.78 is 4.49. The van der Waals surface area contributed by atoms with Gasteiger partial charge in [-0.15, -0.1) is 0 Å². The summed E-state index contributed by atoms with van der Waals surface area (Å²) in [6, 6.07) is 13.4. The molecule has 1 aromatic carbocycles. The maximum absolute atomic E-state index is 12.4. The van der Waals surface area contributed by atoms with E-state index in [1.807, 2.05) is 23.1 Å². The predicted octanol–water partition coefficient (Wildman–Crippen LogP) is 1.56. The van der Waals surface area contributed by atoms with Crippen molar-refractivity contribution in [2.45, 2.75) is 54.1 Å². The molecule has 2 atom stereocenters. The van der Waals surface area contributed by atoms with Crippen molar-refractivity contribution < 1.29 is 19.1 Å². The van der Waals surface area contributed by atoms with E-state index < -0.39 is 23.3 Å². The number of carbonyl (C=O) groups excluding carboxylic acids is 3. The summed E-state index contributed by atoms with van der Waals surface area (Å²) in [7, 11) is 0. The zero-order valence-electron chi connectivity index (χ0n) is 20.5. The number of primary amides is 1. The number of ether oxygens (including phenoxy) is 1. The fourth-order valence-electron chi connectivity index (χ4n) is 4.55. The van der Waals surface area contributed by atoms with Crippen molar-refractivity contribution in [3.8, 4) is 12.1 Å². The summed E-state index contributed by atoms with van der Waals surface area (Å²) in [6.45, 7) is 1.09. The van der Waals surface area contributed by atoms with Crippen molar-refractivity contribution in [1.29, 1.82) is 10.5 Å². The molecule has 12 heteroatoms. The summed E-state index contributed by atoms with van der Waals surface area (Å²) in [5, 5.41) is 22.6. The number of nitrogens with two attached hydrogens (primary N) is 2. The number of hydrogen-bond donors (Lipinski definition) is 3. The maximum Gasteiger partial charge on any atom is 0.295 e. The number of nitrogens with zero attached hydrogens (tertiary/aromatic N) is 4. The minimum Gasteiger partial charge on any atom is -0.439 e. The molecule has 2 fully saturated rings. The van der Waals surface area contributed by atoms with Crippen LogP contribution in [0.4, 0.5) is 5.82 Å². The largest absolute Gasteiger partial charge is 0.439 e. The number of amides is 2. The lowest BCUT2D eigenvalue weighted by Crippen LogP contribution is -2.50. The highest BCUT2D eigenvalue weighted by atomic mass is 32.2. The predicted molar refractivity (Wildman–Crippen MR) is 138 cm³/mol. The van der Waals surface area contributed by atoms with Gasteiger partial charge in [0.05, 0.1) is 11.1 Å². The first kappa shape index (κ1) is 26.9. The van der Waals surface area contributed by atoms with Gasteiger partial charge in [-0.2, -0.15) is 10.5 Å². The van der Waals surface area contributed by atoms with Crippen LogP contribution in [0.3, 0.4) is 0 Å². The number of hydrogen-bond acceptors (Lipinski definition) is 10. The van der Waals surface area contributed by atoms with Crippen LogP contribution in [0.25, 0.3) is 0 Å². The lowest BCUT2D eigenvalue weighted by Gasteiger charge is -2.34. The van der Waals surface area contributed by atoms with E-state index in [2.05, 4.69) is 22.2 Å². The molecule has 2 heterocycles. The first-order valence-electron chi connectivity index (χ1n) is 12.2. The molecular weight excluding hydrogens is 506 g/mol. The minimum atomic E-state index is -1.38. The third-order valence-electron chi connectivity index (χ3n) is 6.58. The molecule has 2 aliphatic rings. The number of carbonyl (C=O) groups is 3. The number of benzene rings is 1. The van der Waals surface area contributed by atoms with Gasteiger partial charge in [0, 0.05) is 19.1 Å². The Morgan fingerprint density at radius 3 is 2.34 bits per heavy atom. The Hall–Kier alpha value is -4.13. The number of rotatable bonds is 10. The van der Waals surface area contributed by atoms with Crippen LogP contribution in [-0.2, 0) is 19.1 Å². The summed E-state index contributed by atoms with van der Waals surface area (Å²) in [6.07, 6.45) is 1.44. The van der Waals surface area contributed by atoms with E-state index in [0.29, 0.717) is 59.0 Å². The molecule has 0 spiro atoms. The van der Waals surface area contributed by atoms with Crippen LogP contribution < -0.4 is 21.7 Å². The molecule has 5 N–H and O–H groups in total. The first-order valence-corrected chi connectivity index (χ1v) is 13.0. The SMILES string of the molecule is N#Cc1c(SC(C(N)=O)c2ccccc2)nc(N2CCC(NC(=O)C(N)OC=O)CC2)c(C#N)c1C1CC1. The Morgan fingerprint density at radius 1 is 1.13 bits per heavy atom. The van der Waals surface area contributed by atoms with E-state index in [0.717, 1.165) is 24.6 Å². The number of piperidine rings is 1. The third-order valence-corrected chi connectivity index (χ3v) is 7.84. The van der Waals surface area contributed by atoms with Gasteiger partial charge in [-0.05, 0) is 42.7 Å². The van der Waals surface area contributed by atoms with E-state index in [-0.39, 0.29) is 18.4 Å². The van der Waals surface area contributed by atoms with Crippen molar-refractivity contribution in [1.82, 2.24) is 10.3 Å². The van der Waals surface area contributed by atoms with Crippen molar-refractivity contribution in [2.24, 2.45) is 11.5 Å². The quantitative estimate of drug-likeness (QED) is 0.230. The van der Waals surface area contributed by atoms with Gasteiger partial charge >= 0.3 is 0 Å². The van der Waals surface area contributed by atoms with E-state index in [1.165, 1.54) is 0 Å². The average molecular weight is 534 g/mol. The standard InChI is InChI=1S/C26H27N7O4S/c27-12-18-20(15-6-7-15)19(13-28)26(38-21(22(29)35)16-4-2-1-3-5-16)32-24(18)33-10-8-17(9-11-33)31-25(36)23(30)37-14-34/h1-5,14-15,17,21,23H,6-11,30H2,(H2,29,35)(H,31,36). The molecule has 2 amide bonds. The fraction of sp³-hybridized carbons (Fsp3) is 0.385. The highest BCUT2D eigenvalue weighted by Gasteiger charge is 2.36. The van der Waals surface area contributed by atoms with Gasteiger partial charge in [0.15, 0.2) is 0 Å². The molecule has 2 unspecified atom stereocenters. The Kier molecular flexibility index (Phi) is 8.46. The van der Waals surface area contributed by atoms with Gasteiger partial charge in [0.25, 0.3) is 12.4 Å². The fourth-order valence-corrected chi connectivity index (χ4v) is 5.60. The average Bonchev–Trinajstić information content (AvgIpc) is 3.77. The van der Waals surface area contributed by atoms with Crippen LogP contribution in [0.15, 0.2) is 35.4 Å². The molecule has 0 radical (unpaired) electrons. The molecule has 1 aliphatic carbocycles. The van der Waals surface area contributed by atoms with Gasteiger partial charge in [0.1, 0.15) is 28.2 Å². The summed E-state index contributed by atoms with van der Waals surface area (Å²) in [4.78, 5) is 41.7. The zero-order valence-corrected chi connectivity index (χ0v) is 21.3. The maximum atomic E-state index is 12.4. The van der Waals surface area contributed by atoms with E-state index in [1.54, 1.807) is 12.1 Å². The molecule has 4 rings (SSSR count). The molecule has 11 nitrogen and oxygen atoms in total. The van der Waals surface area contributed by atoms with Crippen LogP contribution in [0.2, 0.25) is 0 Å². The Balaban J connectivity index is 1.64. The van der Waals surface area contributed by atoms with Gasteiger partial charge in [-0.1, -0.05) is 42.1 Å². The smallest absolute Gasteiger partial charge is 0.295 e. The molecule has 2 aromatic rings. The Labute approximate surface area is 224 Å². The van der Waals surface area contributed by atoms with Gasteiger partial charge in [-0.3, -0.25) is 20.1 Å². The number of nitrogens with one attached hydrogen (secondary N) is 1. The summed E-state index contributed by atoms with van der Waals surface area (Å²) in [5.41, 5.74) is 13.3. The number of pyridine rings is 1. The van der Waals surface area contributed by atoms with Crippen molar-refractivity contribution in [3.63, 3.8) is 0 Å². The normalized spacial score (nSPS) is 17.0. The molecule has 1 aromatic heterocycles. The second-order valence-electron chi connectivity index (χ2n) is 9.14. The minimum absolute atomic E-state index is 0.0836. The lowest BCUT2D eigenvalue weighted by atomic mass is 9.98. The van der Waals surface area contributed by atoms with Crippen LogP contribution in [-0.4, -0.2) is 48.6 Å². The first-order chi connectivity index (χ1) is 18.4. The molecule has 0 bridgehead atoms. The highest BCUT2D eigenvalue weighted by molar-refractivity contribution is 8.00. The molecule has 1 saturated heterocycles. The number of nitriles is 2. The van der Waals surface area contributed by atoms with Crippen LogP contribution in [0.1, 0.15) is 59.1 Å². The number of aromatic nitrogens is 1. The van der Waals surface area contributed by atoms with E-state index >= 15 is 0 Å². The Morgan fingerprint density at radius 2 is 1.79 bits per heavy atom. The second-order valence-corrected chi connectivity index (χ2v) is 10.2. The van der Waals surface area contributed by atoms with Gasteiger partial charge in [0.2, 0.25) is 12.1 Å². The summed E-state index contributed by atoms with van der Waals surface area (Å²) >= 11 is 1.12. The van der Waals surface area contributed by atoms with E-state index in [4.69, 9.17) is 16.5 Å². The summed E-state index contributed by atoms with van der Waals surface area (Å²) in [5.74, 6) is -0.602. The highest BCUT2D eigenvalue weighted by Crippen LogP contribution is 2.48. The lowest BCUT2D eigenvalue weighted by molar-refractivity contribution is -0.145. The Bertz CT molecular complexity index is 1300. The molecule has 196 valence electrons. The molecule has 1 aliphatic heterocycles. The second kappa shape index (κ2) is 11.9. The zero-order chi connectivity index (χ0) is 27.2. The molecular formula is C26H27N7O4S. The van der Waals surface area contributed by atoms with Gasteiger partial charge < -0.3 is 20.7 Å². The third kappa shape index (κ3) is 5.88. The van der Waals surface area contributed by atoms with E-state index in [9.17, 15) is 24.9 Å². The van der Waals surface area contributed by atoms with Gasteiger partial charge in [-0.25, -0.2) is 4.98 Å². The number of anilines is 1. The van der Waals surface area contributed by atoms with Crippen LogP contribution >= 0.6 is 11.8 Å². The van der Waals surface area contributed by atoms with Crippen LogP contribution in [0, 0.1) is 22.7 Å².